The van der Waals surface area contributed by atoms with E-state index in [4.69, 9.17) is 0 Å². The predicted octanol–water partition coefficient (Wildman–Crippen LogP) is 2.48. The highest BCUT2D eigenvalue weighted by Crippen LogP contribution is 2.33. The van der Waals surface area contributed by atoms with E-state index < -0.39 is 0 Å². The molecule has 0 spiro atoms. The van der Waals surface area contributed by atoms with Crippen molar-refractivity contribution in [3.05, 3.63) is 30.5 Å². The third kappa shape index (κ3) is 2.25. The minimum absolute atomic E-state index is 0.0384. The molecule has 0 aliphatic carbocycles. The molecular formula is C17H19N5O. The van der Waals surface area contributed by atoms with Gasteiger partial charge in [0.2, 0.25) is 5.91 Å². The van der Waals surface area contributed by atoms with Crippen LogP contribution >= 0.6 is 0 Å². The first-order valence-corrected chi connectivity index (χ1v) is 8.00. The number of aromatic nitrogens is 4. The lowest BCUT2D eigenvalue weighted by atomic mass is 9.99. The van der Waals surface area contributed by atoms with Gasteiger partial charge in [-0.2, -0.15) is 0 Å². The predicted molar refractivity (Wildman–Crippen MR) is 88.0 cm³/mol. The number of hydrogen-bond donors (Lipinski definition) is 1. The van der Waals surface area contributed by atoms with Crippen LogP contribution in [0.3, 0.4) is 0 Å². The van der Waals surface area contributed by atoms with Crippen molar-refractivity contribution in [1.82, 2.24) is 24.8 Å². The average Bonchev–Trinajstić information content (AvgIpc) is 3.22. The van der Waals surface area contributed by atoms with E-state index in [9.17, 15) is 4.79 Å². The van der Waals surface area contributed by atoms with Crippen LogP contribution in [0.2, 0.25) is 0 Å². The topological polar surface area (TPSA) is 74.8 Å². The van der Waals surface area contributed by atoms with E-state index >= 15 is 0 Å². The van der Waals surface area contributed by atoms with Gasteiger partial charge < -0.3 is 9.88 Å². The number of fused-ring (bicyclic) bond motifs is 3. The summed E-state index contributed by atoms with van der Waals surface area (Å²) in [6, 6.07) is 2.02. The number of nitrogens with zero attached hydrogens (tertiary/aromatic N) is 4. The van der Waals surface area contributed by atoms with Gasteiger partial charge in [-0.25, -0.2) is 15.0 Å². The minimum Gasteiger partial charge on any atom is -0.346 e. The standard InChI is InChI=1S/C17H19N5O/c1-10(2)17(23)22-6-4-11(8-22)15-14-12-3-5-18-16(12)19-7-13(14)20-9-21-15/h3,5,7,9-11H,4,6,8H2,1-2H3,(H,18,19). The minimum atomic E-state index is 0.0384. The summed E-state index contributed by atoms with van der Waals surface area (Å²) in [6.45, 7) is 5.43. The number of carbonyl (C=O) groups is 1. The largest absolute Gasteiger partial charge is 0.346 e. The summed E-state index contributed by atoms with van der Waals surface area (Å²) >= 11 is 0. The maximum atomic E-state index is 12.2. The first-order chi connectivity index (χ1) is 11.1. The summed E-state index contributed by atoms with van der Waals surface area (Å²) in [4.78, 5) is 30.6. The Hall–Kier alpha value is -2.50. The average molecular weight is 309 g/mol. The van der Waals surface area contributed by atoms with E-state index in [0.717, 1.165) is 47.1 Å². The Morgan fingerprint density at radius 1 is 1.35 bits per heavy atom. The summed E-state index contributed by atoms with van der Waals surface area (Å²) in [5.74, 6) is 0.513. The van der Waals surface area contributed by atoms with Crippen LogP contribution in [0.1, 0.15) is 31.9 Å². The van der Waals surface area contributed by atoms with Crippen LogP contribution in [0.25, 0.3) is 21.9 Å². The highest BCUT2D eigenvalue weighted by atomic mass is 16.2. The number of pyridine rings is 1. The molecule has 23 heavy (non-hydrogen) atoms. The van der Waals surface area contributed by atoms with Gasteiger partial charge >= 0.3 is 0 Å². The SMILES string of the molecule is CC(C)C(=O)N1CCC(c2ncnc3cnc4[nH]ccc4c23)C1. The van der Waals surface area contributed by atoms with E-state index in [1.165, 1.54) is 0 Å². The van der Waals surface area contributed by atoms with Crippen LogP contribution in [-0.4, -0.2) is 43.8 Å². The first kappa shape index (κ1) is 14.1. The normalized spacial score (nSPS) is 18.4. The van der Waals surface area contributed by atoms with Gasteiger partial charge in [-0.1, -0.05) is 13.8 Å². The second kappa shape index (κ2) is 5.30. The zero-order chi connectivity index (χ0) is 16.0. The molecule has 0 radical (unpaired) electrons. The van der Waals surface area contributed by atoms with Gasteiger partial charge in [0.05, 0.1) is 17.4 Å². The Balaban J connectivity index is 1.78. The van der Waals surface area contributed by atoms with Crippen molar-refractivity contribution in [1.29, 1.82) is 0 Å². The van der Waals surface area contributed by atoms with E-state index in [0.29, 0.717) is 0 Å². The van der Waals surface area contributed by atoms with E-state index in [1.807, 2.05) is 31.0 Å². The van der Waals surface area contributed by atoms with Crippen molar-refractivity contribution in [2.75, 3.05) is 13.1 Å². The van der Waals surface area contributed by atoms with Gasteiger partial charge in [-0.05, 0) is 12.5 Å². The molecule has 1 N–H and O–H groups in total. The van der Waals surface area contributed by atoms with Gasteiger partial charge in [0, 0.05) is 41.9 Å². The summed E-state index contributed by atoms with van der Waals surface area (Å²) in [7, 11) is 0. The molecule has 6 nitrogen and oxygen atoms in total. The van der Waals surface area contributed by atoms with Crippen molar-refractivity contribution in [2.45, 2.75) is 26.2 Å². The van der Waals surface area contributed by atoms with Gasteiger partial charge in [0.15, 0.2) is 0 Å². The van der Waals surface area contributed by atoms with E-state index in [1.54, 1.807) is 12.5 Å². The van der Waals surface area contributed by atoms with Gasteiger partial charge in [-0.15, -0.1) is 0 Å². The number of hydrogen-bond acceptors (Lipinski definition) is 4. The summed E-state index contributed by atoms with van der Waals surface area (Å²) in [5.41, 5.74) is 2.73. The molecule has 1 aliphatic rings. The van der Waals surface area contributed by atoms with Crippen molar-refractivity contribution >= 4 is 27.8 Å². The molecule has 4 rings (SSSR count). The molecule has 6 heteroatoms. The van der Waals surface area contributed by atoms with Crippen molar-refractivity contribution in [2.24, 2.45) is 5.92 Å². The molecule has 0 aromatic carbocycles. The van der Waals surface area contributed by atoms with Crippen LogP contribution in [0.4, 0.5) is 0 Å². The van der Waals surface area contributed by atoms with Gasteiger partial charge in [0.1, 0.15) is 12.0 Å². The zero-order valence-electron chi connectivity index (χ0n) is 13.3. The molecule has 1 fully saturated rings. The lowest BCUT2D eigenvalue weighted by Crippen LogP contribution is -2.32. The van der Waals surface area contributed by atoms with Gasteiger partial charge in [-0.3, -0.25) is 4.79 Å². The number of nitrogens with one attached hydrogen (secondary N) is 1. The van der Waals surface area contributed by atoms with Crippen LogP contribution < -0.4 is 0 Å². The van der Waals surface area contributed by atoms with Gasteiger partial charge in [0.25, 0.3) is 0 Å². The molecule has 1 aliphatic heterocycles. The molecule has 1 unspecified atom stereocenters. The molecule has 1 atom stereocenters. The van der Waals surface area contributed by atoms with Crippen LogP contribution in [-0.2, 0) is 4.79 Å². The summed E-state index contributed by atoms with van der Waals surface area (Å²) < 4.78 is 0. The molecule has 3 aromatic heterocycles. The molecular weight excluding hydrogens is 290 g/mol. The highest BCUT2D eigenvalue weighted by molar-refractivity contribution is 6.04. The first-order valence-electron chi connectivity index (χ1n) is 8.00. The quantitative estimate of drug-likeness (QED) is 0.789. The smallest absolute Gasteiger partial charge is 0.225 e. The fourth-order valence-electron chi connectivity index (χ4n) is 3.44. The fraction of sp³-hybridized carbons (Fsp3) is 0.412. The number of H-pyrrole nitrogens is 1. The molecule has 1 saturated heterocycles. The second-order valence-electron chi connectivity index (χ2n) is 6.44. The van der Waals surface area contributed by atoms with Crippen molar-refractivity contribution < 1.29 is 4.79 Å². The molecule has 118 valence electrons. The molecule has 0 saturated carbocycles. The third-order valence-corrected chi connectivity index (χ3v) is 4.60. The van der Waals surface area contributed by atoms with E-state index in [-0.39, 0.29) is 17.7 Å². The number of aromatic amines is 1. The Morgan fingerprint density at radius 2 is 2.22 bits per heavy atom. The number of likely N-dealkylation sites (tertiary alicyclic amines) is 1. The molecule has 1 amide bonds. The summed E-state index contributed by atoms with van der Waals surface area (Å²) in [6.07, 6.45) is 6.21. The third-order valence-electron chi connectivity index (χ3n) is 4.60. The Kier molecular flexibility index (Phi) is 3.25. The van der Waals surface area contributed by atoms with E-state index in [2.05, 4.69) is 19.9 Å². The lowest BCUT2D eigenvalue weighted by Gasteiger charge is -2.19. The van der Waals surface area contributed by atoms with Crippen LogP contribution in [0.15, 0.2) is 24.8 Å². The highest BCUT2D eigenvalue weighted by Gasteiger charge is 2.30. The maximum Gasteiger partial charge on any atom is 0.225 e. The fourth-order valence-corrected chi connectivity index (χ4v) is 3.44. The molecule has 3 aromatic rings. The molecule has 4 heterocycles. The summed E-state index contributed by atoms with van der Waals surface area (Å²) in [5, 5.41) is 2.11. The van der Waals surface area contributed by atoms with Crippen molar-refractivity contribution in [3.8, 4) is 0 Å². The lowest BCUT2D eigenvalue weighted by molar-refractivity contribution is -0.133. The van der Waals surface area contributed by atoms with Crippen LogP contribution in [0, 0.1) is 5.92 Å². The second-order valence-corrected chi connectivity index (χ2v) is 6.44. The monoisotopic (exact) mass is 309 g/mol. The van der Waals surface area contributed by atoms with Crippen LogP contribution in [0.5, 0.6) is 0 Å². The number of rotatable bonds is 2. The Labute approximate surface area is 133 Å². The molecule has 0 bridgehead atoms. The number of carbonyl (C=O) groups excluding carboxylic acids is 1. The Bertz CT molecular complexity index is 885. The maximum absolute atomic E-state index is 12.2. The Morgan fingerprint density at radius 3 is 3.04 bits per heavy atom. The zero-order valence-corrected chi connectivity index (χ0v) is 13.3. The number of amides is 1. The van der Waals surface area contributed by atoms with Crippen molar-refractivity contribution in [3.63, 3.8) is 0 Å².